The maximum absolute atomic E-state index is 12.3. The Balaban J connectivity index is 2.05. The van der Waals surface area contributed by atoms with Crippen LogP contribution < -0.4 is 0 Å². The van der Waals surface area contributed by atoms with Gasteiger partial charge in [-0.1, -0.05) is 0 Å². The monoisotopic (exact) mass is 234 g/mol. The molecule has 0 fully saturated rings. The number of halogens is 1. The summed E-state index contributed by atoms with van der Waals surface area (Å²) in [5.74, 6) is -0.383. The highest BCUT2D eigenvalue weighted by atomic mass is 32.3. The van der Waals surface area contributed by atoms with Crippen molar-refractivity contribution in [2.24, 2.45) is 0 Å². The lowest BCUT2D eigenvalue weighted by Crippen LogP contribution is -2.00. The molecule has 0 unspecified atom stereocenters. The van der Waals surface area contributed by atoms with Crippen molar-refractivity contribution >= 4 is 21.6 Å². The van der Waals surface area contributed by atoms with Gasteiger partial charge in [-0.15, -0.1) is 15.2 Å². The zero-order valence-electron chi connectivity index (χ0n) is 7.62. The van der Waals surface area contributed by atoms with Crippen LogP contribution in [0.2, 0.25) is 0 Å². The lowest BCUT2D eigenvalue weighted by Gasteiger charge is -1.93. The van der Waals surface area contributed by atoms with Crippen molar-refractivity contribution in [2.75, 3.05) is 5.75 Å². The Labute approximate surface area is 87.0 Å². The van der Waals surface area contributed by atoms with Crippen LogP contribution in [0.3, 0.4) is 0 Å². The first kappa shape index (κ1) is 10.1. The van der Waals surface area contributed by atoms with E-state index in [2.05, 4.69) is 0 Å². The van der Waals surface area contributed by atoms with Crippen molar-refractivity contribution in [3.8, 4) is 0 Å². The fourth-order valence-electron chi connectivity index (χ4n) is 1.74. The molecular weight excluding hydrogens is 223 g/mol. The number of aryl methyl sites for hydroxylation is 3. The van der Waals surface area contributed by atoms with Gasteiger partial charge in [0, 0.05) is 9.75 Å². The van der Waals surface area contributed by atoms with Crippen LogP contribution in [0, 0.1) is 0 Å². The average molecular weight is 234 g/mol. The van der Waals surface area contributed by atoms with Gasteiger partial charge in [0.05, 0.1) is 5.75 Å². The molecule has 0 bridgehead atoms. The van der Waals surface area contributed by atoms with Crippen LogP contribution in [0.15, 0.2) is 6.07 Å². The normalized spacial score (nSPS) is 15.8. The van der Waals surface area contributed by atoms with E-state index in [9.17, 15) is 12.3 Å². The fourth-order valence-corrected chi connectivity index (χ4v) is 3.59. The topological polar surface area (TPSA) is 34.1 Å². The lowest BCUT2D eigenvalue weighted by atomic mass is 10.2. The second-order valence-corrected chi connectivity index (χ2v) is 6.21. The third-order valence-corrected chi connectivity index (χ3v) is 4.38. The van der Waals surface area contributed by atoms with E-state index in [1.54, 1.807) is 11.3 Å². The molecule has 1 heterocycles. The van der Waals surface area contributed by atoms with E-state index in [0.29, 0.717) is 6.42 Å². The highest BCUT2D eigenvalue weighted by Crippen LogP contribution is 2.30. The quantitative estimate of drug-likeness (QED) is 0.750. The van der Waals surface area contributed by atoms with Crippen LogP contribution in [0.25, 0.3) is 0 Å². The van der Waals surface area contributed by atoms with Gasteiger partial charge in [0.2, 0.25) is 0 Å². The van der Waals surface area contributed by atoms with Crippen molar-refractivity contribution < 1.29 is 12.3 Å². The first-order chi connectivity index (χ1) is 6.54. The number of hydrogen-bond donors (Lipinski definition) is 0. The molecule has 1 aromatic rings. The molecule has 14 heavy (non-hydrogen) atoms. The molecule has 1 aromatic heterocycles. The predicted molar refractivity (Wildman–Crippen MR) is 54.9 cm³/mol. The van der Waals surface area contributed by atoms with Gasteiger partial charge in [-0.2, -0.15) is 8.42 Å². The van der Waals surface area contributed by atoms with Gasteiger partial charge < -0.3 is 0 Å². The van der Waals surface area contributed by atoms with Crippen LogP contribution >= 0.6 is 11.3 Å². The van der Waals surface area contributed by atoms with Crippen molar-refractivity contribution in [3.63, 3.8) is 0 Å². The van der Waals surface area contributed by atoms with Crippen LogP contribution in [0.1, 0.15) is 21.7 Å². The zero-order valence-corrected chi connectivity index (χ0v) is 9.26. The molecule has 0 atom stereocenters. The molecule has 0 N–H and O–H groups in total. The summed E-state index contributed by atoms with van der Waals surface area (Å²) in [5.41, 5.74) is 1.33. The summed E-state index contributed by atoms with van der Waals surface area (Å²) >= 11 is 1.63. The van der Waals surface area contributed by atoms with Gasteiger partial charge in [-0.25, -0.2) is 0 Å². The maximum Gasteiger partial charge on any atom is 0.302 e. The largest absolute Gasteiger partial charge is 0.302 e. The molecule has 0 radical (unpaired) electrons. The molecule has 0 saturated heterocycles. The summed E-state index contributed by atoms with van der Waals surface area (Å²) in [5, 5.41) is 0. The minimum absolute atomic E-state index is 0.316. The molecular formula is C9H11FO2S2. The Morgan fingerprint density at radius 2 is 2.21 bits per heavy atom. The van der Waals surface area contributed by atoms with E-state index < -0.39 is 10.2 Å². The number of thiophene rings is 1. The third kappa shape index (κ3) is 2.33. The highest BCUT2D eigenvalue weighted by molar-refractivity contribution is 7.86. The van der Waals surface area contributed by atoms with Gasteiger partial charge in [-0.05, 0) is 37.3 Å². The third-order valence-electron chi connectivity index (χ3n) is 2.39. The Morgan fingerprint density at radius 3 is 2.86 bits per heavy atom. The Hall–Kier alpha value is -0.420. The Bertz CT molecular complexity index is 412. The molecule has 2 rings (SSSR count). The molecule has 5 heteroatoms. The minimum Gasteiger partial charge on any atom is -0.195 e. The van der Waals surface area contributed by atoms with E-state index in [0.717, 1.165) is 17.7 Å². The van der Waals surface area contributed by atoms with Crippen LogP contribution in [-0.4, -0.2) is 14.2 Å². The van der Waals surface area contributed by atoms with Crippen molar-refractivity contribution in [3.05, 3.63) is 21.4 Å². The molecule has 2 nitrogen and oxygen atoms in total. The molecule has 0 saturated carbocycles. The second kappa shape index (κ2) is 3.62. The van der Waals surface area contributed by atoms with E-state index in [-0.39, 0.29) is 5.75 Å². The molecule has 0 aliphatic heterocycles. The summed E-state index contributed by atoms with van der Waals surface area (Å²) in [7, 11) is -4.31. The predicted octanol–water partition coefficient (Wildman–Crippen LogP) is 2.08. The number of fused-ring (bicyclic) bond motifs is 1. The van der Waals surface area contributed by atoms with Gasteiger partial charge in [0.25, 0.3) is 0 Å². The molecule has 0 aromatic carbocycles. The van der Waals surface area contributed by atoms with Gasteiger partial charge in [-0.3, -0.25) is 0 Å². The van der Waals surface area contributed by atoms with Crippen molar-refractivity contribution in [1.82, 2.24) is 0 Å². The minimum atomic E-state index is -4.31. The van der Waals surface area contributed by atoms with Crippen LogP contribution in [0.4, 0.5) is 3.89 Å². The van der Waals surface area contributed by atoms with Gasteiger partial charge in [0.1, 0.15) is 0 Å². The van der Waals surface area contributed by atoms with Crippen LogP contribution in [0.5, 0.6) is 0 Å². The molecule has 1 aliphatic rings. The molecule has 0 spiro atoms. The lowest BCUT2D eigenvalue weighted by molar-refractivity contribution is 0.551. The molecule has 78 valence electrons. The standard InChI is InChI=1S/C9H11FO2S2/c10-14(11,12)5-4-8-6-7-2-1-3-9(7)13-8/h6H,1-5H2. The molecule has 1 aliphatic carbocycles. The number of rotatable bonds is 3. The van der Waals surface area contributed by atoms with Crippen molar-refractivity contribution in [1.29, 1.82) is 0 Å². The van der Waals surface area contributed by atoms with E-state index >= 15 is 0 Å². The van der Waals surface area contributed by atoms with Gasteiger partial charge >= 0.3 is 10.2 Å². The first-order valence-corrected chi connectivity index (χ1v) is 6.94. The first-order valence-electron chi connectivity index (χ1n) is 4.57. The van der Waals surface area contributed by atoms with E-state index in [1.807, 2.05) is 6.07 Å². The van der Waals surface area contributed by atoms with E-state index in [4.69, 9.17) is 0 Å². The highest BCUT2D eigenvalue weighted by Gasteiger charge is 2.16. The second-order valence-electron chi connectivity index (χ2n) is 3.51. The zero-order chi connectivity index (χ0) is 10.2. The summed E-state index contributed by atoms with van der Waals surface area (Å²) in [6, 6.07) is 2.03. The smallest absolute Gasteiger partial charge is 0.195 e. The average Bonchev–Trinajstić information content (AvgIpc) is 2.56. The summed E-state index contributed by atoms with van der Waals surface area (Å²) in [6.45, 7) is 0. The summed E-state index contributed by atoms with van der Waals surface area (Å²) in [4.78, 5) is 2.35. The number of hydrogen-bond acceptors (Lipinski definition) is 3. The van der Waals surface area contributed by atoms with Crippen LogP contribution in [-0.2, 0) is 29.5 Å². The molecule has 0 amide bonds. The Kier molecular flexibility index (Phi) is 2.62. The summed E-state index contributed by atoms with van der Waals surface area (Å²) < 4.78 is 32.9. The fraction of sp³-hybridized carbons (Fsp3) is 0.556. The SMILES string of the molecule is O=S(=O)(F)CCc1cc2c(s1)CCC2. The van der Waals surface area contributed by atoms with Crippen molar-refractivity contribution in [2.45, 2.75) is 25.7 Å². The van der Waals surface area contributed by atoms with E-state index in [1.165, 1.54) is 16.9 Å². The maximum atomic E-state index is 12.3. The Morgan fingerprint density at radius 1 is 1.43 bits per heavy atom. The summed E-state index contributed by atoms with van der Waals surface area (Å²) in [6.07, 6.45) is 3.70. The van der Waals surface area contributed by atoms with Gasteiger partial charge in [0.15, 0.2) is 0 Å².